The highest BCUT2D eigenvalue weighted by Gasteiger charge is 2.20. The van der Waals surface area contributed by atoms with Gasteiger partial charge in [0.05, 0.1) is 22.9 Å². The molecule has 3 N–H and O–H groups in total. The minimum absolute atomic E-state index is 0.00368. The number of phenols is 1. The first kappa shape index (κ1) is 25.5. The maximum atomic E-state index is 12.4. The molecule has 0 aliphatic rings. The average Bonchev–Trinajstić information content (AvgIpc) is 3.14. The third-order valence-corrected chi connectivity index (χ3v) is 6.41. The predicted molar refractivity (Wildman–Crippen MR) is 133 cm³/mol. The second-order valence-corrected chi connectivity index (χ2v) is 9.59. The first-order chi connectivity index (χ1) is 16.2. The topological polar surface area (TPSA) is 148 Å². The number of hydrogen-bond donors (Lipinski definition) is 3. The maximum absolute atomic E-state index is 12.4. The zero-order chi connectivity index (χ0) is 24.8. The first-order valence-electron chi connectivity index (χ1n) is 9.70. The van der Waals surface area contributed by atoms with Crippen LogP contribution in [0.1, 0.15) is 18.3 Å². The number of anilines is 1. The monoisotopic (exact) mass is 567 g/mol. The van der Waals surface area contributed by atoms with Crippen molar-refractivity contribution in [2.45, 2.75) is 23.9 Å². The number of nitro benzene ring substituents is 1. The number of halogens is 2. The lowest BCUT2D eigenvalue weighted by atomic mass is 10.2. The van der Waals surface area contributed by atoms with E-state index in [9.17, 15) is 20.0 Å². The van der Waals surface area contributed by atoms with Gasteiger partial charge < -0.3 is 15.0 Å². The van der Waals surface area contributed by atoms with Crippen LogP contribution in [0, 0.1) is 10.1 Å². The molecule has 0 aliphatic heterocycles. The molecule has 1 heterocycles. The number of aromatic nitrogens is 3. The van der Waals surface area contributed by atoms with Crippen LogP contribution in [0.15, 0.2) is 51.1 Å². The number of carbonyl (C=O) groups excluding carboxylic acids is 1. The van der Waals surface area contributed by atoms with Crippen molar-refractivity contribution in [3.8, 4) is 5.75 Å². The molecule has 1 aromatic heterocycles. The SMILES string of the molecule is C[C@@H](Sc1nnc(CNc2ccc(Br)cc2)n1C)C(=O)NN=Cc1cc(Cl)cc([N+](=O)[O-])c1O. The number of benzene rings is 2. The van der Waals surface area contributed by atoms with Crippen LogP contribution in [0.4, 0.5) is 11.4 Å². The number of nitrogens with zero attached hydrogens (tertiary/aromatic N) is 5. The number of hydrogen-bond acceptors (Lipinski definition) is 9. The molecular weight excluding hydrogens is 550 g/mol. The smallest absolute Gasteiger partial charge is 0.312 e. The summed E-state index contributed by atoms with van der Waals surface area (Å²) in [7, 11) is 1.80. The van der Waals surface area contributed by atoms with E-state index in [1.165, 1.54) is 17.8 Å². The van der Waals surface area contributed by atoms with Gasteiger partial charge in [0.1, 0.15) is 0 Å². The Hall–Kier alpha value is -3.16. The number of amides is 1. The van der Waals surface area contributed by atoms with Gasteiger partial charge in [0.2, 0.25) is 5.75 Å². The first-order valence-corrected chi connectivity index (χ1v) is 11.7. The van der Waals surface area contributed by atoms with Crippen molar-refractivity contribution in [2.24, 2.45) is 12.1 Å². The molecule has 34 heavy (non-hydrogen) atoms. The van der Waals surface area contributed by atoms with E-state index in [1.54, 1.807) is 18.5 Å². The van der Waals surface area contributed by atoms with Gasteiger partial charge in [-0.1, -0.05) is 39.3 Å². The van der Waals surface area contributed by atoms with Crippen LogP contribution in [-0.2, 0) is 18.4 Å². The number of thioether (sulfide) groups is 1. The molecule has 0 unspecified atom stereocenters. The highest BCUT2D eigenvalue weighted by Crippen LogP contribution is 2.32. The predicted octanol–water partition coefficient (Wildman–Crippen LogP) is 4.09. The largest absolute Gasteiger partial charge is 0.502 e. The van der Waals surface area contributed by atoms with Gasteiger partial charge in [0, 0.05) is 33.9 Å². The standard InChI is InChI=1S/C20H19BrClN7O4S/c1-11(19(31)26-24-9-12-7-14(22)8-16(18(12)30)29(32)33)34-20-27-25-17(28(20)2)10-23-15-5-3-13(21)4-6-15/h3-9,11,23,30H,10H2,1-2H3,(H,26,31)/t11-/m1/s1. The Morgan fingerprint density at radius 2 is 2.09 bits per heavy atom. The molecule has 1 amide bonds. The Morgan fingerprint density at radius 1 is 1.38 bits per heavy atom. The number of nitro groups is 1. The zero-order valence-corrected chi connectivity index (χ0v) is 21.1. The number of phenolic OH excluding ortho intramolecular Hbond substituents is 1. The average molecular weight is 569 g/mol. The molecule has 0 spiro atoms. The summed E-state index contributed by atoms with van der Waals surface area (Å²) in [5.41, 5.74) is 2.71. The van der Waals surface area contributed by atoms with Gasteiger partial charge >= 0.3 is 5.69 Å². The van der Waals surface area contributed by atoms with E-state index < -0.39 is 27.5 Å². The highest BCUT2D eigenvalue weighted by molar-refractivity contribution is 9.10. The van der Waals surface area contributed by atoms with E-state index >= 15 is 0 Å². The molecule has 0 saturated carbocycles. The molecule has 3 rings (SSSR count). The molecule has 2 aromatic carbocycles. The van der Waals surface area contributed by atoms with Crippen LogP contribution in [0.2, 0.25) is 5.02 Å². The van der Waals surface area contributed by atoms with Crippen LogP contribution in [0.3, 0.4) is 0 Å². The second-order valence-electron chi connectivity index (χ2n) is 6.93. The Kier molecular flexibility index (Phi) is 8.47. The second kappa shape index (κ2) is 11.3. The maximum Gasteiger partial charge on any atom is 0.312 e. The van der Waals surface area contributed by atoms with Gasteiger partial charge in [0.15, 0.2) is 11.0 Å². The molecule has 178 valence electrons. The molecule has 11 nitrogen and oxygen atoms in total. The van der Waals surface area contributed by atoms with Crippen LogP contribution >= 0.6 is 39.3 Å². The van der Waals surface area contributed by atoms with E-state index in [2.05, 4.69) is 42.0 Å². The minimum Gasteiger partial charge on any atom is -0.502 e. The molecule has 1 atom stereocenters. The molecule has 0 saturated heterocycles. The van der Waals surface area contributed by atoms with Crippen LogP contribution in [-0.4, -0.2) is 42.2 Å². The van der Waals surface area contributed by atoms with Gasteiger partial charge in [0.25, 0.3) is 5.91 Å². The Balaban J connectivity index is 1.58. The van der Waals surface area contributed by atoms with E-state index in [4.69, 9.17) is 11.6 Å². The summed E-state index contributed by atoms with van der Waals surface area (Å²) >= 11 is 10.4. The lowest BCUT2D eigenvalue weighted by molar-refractivity contribution is -0.385. The Bertz CT molecular complexity index is 1240. The number of rotatable bonds is 9. The summed E-state index contributed by atoms with van der Waals surface area (Å²) in [5, 5.41) is 36.3. The Labute approximate surface area is 211 Å². The number of carbonyl (C=O) groups is 1. The molecule has 0 fully saturated rings. The van der Waals surface area contributed by atoms with Gasteiger partial charge in [-0.05, 0) is 37.3 Å². The summed E-state index contributed by atoms with van der Waals surface area (Å²) in [5.74, 6) is -0.345. The third kappa shape index (κ3) is 6.46. The fourth-order valence-electron chi connectivity index (χ4n) is 2.66. The molecule has 3 aromatic rings. The highest BCUT2D eigenvalue weighted by atomic mass is 79.9. The quantitative estimate of drug-likeness (QED) is 0.151. The van der Waals surface area contributed by atoms with Gasteiger partial charge in [-0.3, -0.25) is 14.9 Å². The molecule has 0 radical (unpaired) electrons. The van der Waals surface area contributed by atoms with Crippen molar-refractivity contribution < 1.29 is 14.8 Å². The van der Waals surface area contributed by atoms with E-state index in [0.29, 0.717) is 17.5 Å². The summed E-state index contributed by atoms with van der Waals surface area (Å²) < 4.78 is 2.77. The number of hydrazone groups is 1. The minimum atomic E-state index is -0.764. The summed E-state index contributed by atoms with van der Waals surface area (Å²) in [6, 6.07) is 10.0. The van der Waals surface area contributed by atoms with Crippen LogP contribution < -0.4 is 10.7 Å². The van der Waals surface area contributed by atoms with Gasteiger partial charge in [-0.15, -0.1) is 10.2 Å². The van der Waals surface area contributed by atoms with Crippen molar-refractivity contribution in [1.29, 1.82) is 0 Å². The van der Waals surface area contributed by atoms with Crippen molar-refractivity contribution in [3.05, 3.63) is 67.4 Å². The summed E-state index contributed by atoms with van der Waals surface area (Å²) in [6.45, 7) is 2.12. The van der Waals surface area contributed by atoms with Crippen molar-refractivity contribution in [2.75, 3.05) is 5.32 Å². The molecule has 0 bridgehead atoms. The molecule has 0 aliphatic carbocycles. The fraction of sp³-hybridized carbons (Fsp3) is 0.200. The zero-order valence-electron chi connectivity index (χ0n) is 17.9. The normalized spacial score (nSPS) is 12.0. The van der Waals surface area contributed by atoms with Crippen LogP contribution in [0.25, 0.3) is 0 Å². The molecular formula is C20H19BrClN7O4S. The lowest BCUT2D eigenvalue weighted by Gasteiger charge is -2.10. The third-order valence-electron chi connectivity index (χ3n) is 4.53. The number of aromatic hydroxyl groups is 1. The summed E-state index contributed by atoms with van der Waals surface area (Å²) in [4.78, 5) is 22.6. The summed E-state index contributed by atoms with van der Waals surface area (Å²) in [6.07, 6.45) is 1.08. The molecule has 14 heteroatoms. The van der Waals surface area contributed by atoms with Crippen molar-refractivity contribution in [1.82, 2.24) is 20.2 Å². The fourth-order valence-corrected chi connectivity index (χ4v) is 3.97. The number of nitrogens with one attached hydrogen (secondary N) is 2. The van der Waals surface area contributed by atoms with E-state index in [0.717, 1.165) is 22.4 Å². The van der Waals surface area contributed by atoms with Crippen molar-refractivity contribution in [3.63, 3.8) is 0 Å². The van der Waals surface area contributed by atoms with Gasteiger partial charge in [-0.2, -0.15) is 5.10 Å². The van der Waals surface area contributed by atoms with E-state index in [1.807, 2.05) is 24.3 Å². The van der Waals surface area contributed by atoms with Crippen LogP contribution in [0.5, 0.6) is 5.75 Å². The lowest BCUT2D eigenvalue weighted by Crippen LogP contribution is -2.27. The van der Waals surface area contributed by atoms with Crippen molar-refractivity contribution >= 4 is 62.8 Å². The Morgan fingerprint density at radius 3 is 2.76 bits per heavy atom. The van der Waals surface area contributed by atoms with Gasteiger partial charge in [-0.25, -0.2) is 5.43 Å². The van der Waals surface area contributed by atoms with E-state index in [-0.39, 0.29) is 10.6 Å².